The first-order chi connectivity index (χ1) is 12.0. The van der Waals surface area contributed by atoms with Gasteiger partial charge in [-0.2, -0.15) is 0 Å². The Hall–Kier alpha value is -1.97. The Morgan fingerprint density at radius 2 is 1.80 bits per heavy atom. The Kier molecular flexibility index (Phi) is 5.36. The lowest BCUT2D eigenvalue weighted by Crippen LogP contribution is -2.60. The first-order valence-electron chi connectivity index (χ1n) is 7.94. The molecule has 1 aromatic carbocycles. The molecule has 1 fully saturated rings. The van der Waals surface area contributed by atoms with Gasteiger partial charge in [0.25, 0.3) is 0 Å². The third-order valence-electron chi connectivity index (χ3n) is 4.22. The number of carbonyl (C=O) groups excluding carboxylic acids is 1. The fourth-order valence-electron chi connectivity index (χ4n) is 2.78. The van der Waals surface area contributed by atoms with E-state index in [4.69, 9.17) is 14.2 Å². The molecule has 0 bridgehead atoms. The highest BCUT2D eigenvalue weighted by molar-refractivity contribution is 5.82. The van der Waals surface area contributed by atoms with Gasteiger partial charge in [-0.15, -0.1) is 0 Å². The van der Waals surface area contributed by atoms with Crippen molar-refractivity contribution < 1.29 is 39.4 Å². The molecule has 2 aliphatic rings. The summed E-state index contributed by atoms with van der Waals surface area (Å²) in [5.41, 5.74) is 0.791. The molecule has 0 radical (unpaired) electrons. The Bertz CT molecular complexity index is 626. The molecular weight excluding hydrogens is 332 g/mol. The van der Waals surface area contributed by atoms with E-state index in [0.717, 1.165) is 5.56 Å². The predicted octanol–water partition coefficient (Wildman–Crippen LogP) is -0.591. The van der Waals surface area contributed by atoms with Crippen LogP contribution in [0.25, 0.3) is 0 Å². The molecule has 2 heterocycles. The summed E-state index contributed by atoms with van der Waals surface area (Å²) in [5.74, 6) is -0.0383. The van der Waals surface area contributed by atoms with E-state index in [0.29, 0.717) is 12.2 Å². The quantitative estimate of drug-likeness (QED) is 0.530. The SMILES string of the molecule is O=C1C=CC[C@@H](c2ccc(O[C@H]3O[C@H](CO)[C@@H](O)[C@H](O)[C@H]3O)cc2)O1. The highest BCUT2D eigenvalue weighted by Crippen LogP contribution is 2.28. The van der Waals surface area contributed by atoms with Crippen LogP contribution in [0.5, 0.6) is 5.75 Å². The number of rotatable bonds is 4. The molecule has 25 heavy (non-hydrogen) atoms. The van der Waals surface area contributed by atoms with Crippen LogP contribution in [0.15, 0.2) is 36.4 Å². The maximum atomic E-state index is 11.3. The van der Waals surface area contributed by atoms with Crippen molar-refractivity contribution in [2.75, 3.05) is 6.61 Å². The van der Waals surface area contributed by atoms with Gasteiger partial charge >= 0.3 is 5.97 Å². The van der Waals surface area contributed by atoms with E-state index in [-0.39, 0.29) is 6.10 Å². The topological polar surface area (TPSA) is 126 Å². The van der Waals surface area contributed by atoms with Crippen LogP contribution in [0.4, 0.5) is 0 Å². The third kappa shape index (κ3) is 3.83. The van der Waals surface area contributed by atoms with Crippen molar-refractivity contribution in [3.8, 4) is 5.75 Å². The minimum absolute atomic E-state index is 0.353. The molecular formula is C17H20O8. The average molecular weight is 352 g/mol. The number of benzene rings is 1. The second-order valence-electron chi connectivity index (χ2n) is 5.95. The second kappa shape index (κ2) is 7.51. The summed E-state index contributed by atoms with van der Waals surface area (Å²) in [6.07, 6.45) is -3.32. The van der Waals surface area contributed by atoms with E-state index in [1.165, 1.54) is 6.08 Å². The van der Waals surface area contributed by atoms with Gasteiger partial charge in [-0.25, -0.2) is 4.79 Å². The van der Waals surface area contributed by atoms with Crippen LogP contribution in [-0.4, -0.2) is 63.7 Å². The fourth-order valence-corrected chi connectivity index (χ4v) is 2.78. The van der Waals surface area contributed by atoms with Crippen LogP contribution in [-0.2, 0) is 14.3 Å². The number of ether oxygens (including phenoxy) is 3. The highest BCUT2D eigenvalue weighted by atomic mass is 16.7. The highest BCUT2D eigenvalue weighted by Gasteiger charge is 2.44. The van der Waals surface area contributed by atoms with Crippen LogP contribution in [0.2, 0.25) is 0 Å². The number of esters is 1. The zero-order valence-electron chi connectivity index (χ0n) is 13.3. The van der Waals surface area contributed by atoms with E-state index in [2.05, 4.69) is 0 Å². The van der Waals surface area contributed by atoms with Gasteiger partial charge in [0, 0.05) is 12.5 Å². The third-order valence-corrected chi connectivity index (χ3v) is 4.22. The Labute approximate surface area is 143 Å². The van der Waals surface area contributed by atoms with Crippen LogP contribution < -0.4 is 4.74 Å². The number of cyclic esters (lactones) is 1. The zero-order chi connectivity index (χ0) is 18.0. The standard InChI is InChI=1S/C17H20O8/c18-8-12-14(20)15(21)16(22)17(25-12)23-10-6-4-9(5-7-10)11-2-1-3-13(19)24-11/h1,3-7,11-12,14-18,20-22H,2,8H2/t11-,12+,14+,15-,16+,17-/m0/s1. The minimum atomic E-state index is -1.50. The molecule has 0 saturated carbocycles. The van der Waals surface area contributed by atoms with Crippen LogP contribution in [0.3, 0.4) is 0 Å². The number of aliphatic hydroxyl groups is 4. The van der Waals surface area contributed by atoms with Crippen molar-refractivity contribution in [2.24, 2.45) is 0 Å². The zero-order valence-corrected chi connectivity index (χ0v) is 13.3. The van der Waals surface area contributed by atoms with Gasteiger partial charge in [-0.05, 0) is 17.7 Å². The molecule has 1 aromatic rings. The van der Waals surface area contributed by atoms with Gasteiger partial charge < -0.3 is 34.6 Å². The van der Waals surface area contributed by atoms with E-state index in [1.807, 2.05) is 0 Å². The van der Waals surface area contributed by atoms with Crippen LogP contribution in [0, 0.1) is 0 Å². The average Bonchev–Trinajstić information content (AvgIpc) is 2.63. The van der Waals surface area contributed by atoms with Crippen molar-refractivity contribution in [1.29, 1.82) is 0 Å². The first kappa shape index (κ1) is 17.8. The summed E-state index contributed by atoms with van der Waals surface area (Å²) in [6, 6.07) is 6.67. The molecule has 2 aliphatic heterocycles. The number of hydrogen-bond acceptors (Lipinski definition) is 8. The minimum Gasteiger partial charge on any atom is -0.462 e. The van der Waals surface area contributed by atoms with Crippen molar-refractivity contribution in [1.82, 2.24) is 0 Å². The summed E-state index contributed by atoms with van der Waals surface area (Å²) in [7, 11) is 0. The predicted molar refractivity (Wildman–Crippen MR) is 83.4 cm³/mol. The maximum Gasteiger partial charge on any atom is 0.331 e. The Morgan fingerprint density at radius 1 is 1.08 bits per heavy atom. The molecule has 8 heteroatoms. The molecule has 1 saturated heterocycles. The summed E-state index contributed by atoms with van der Waals surface area (Å²) < 4.78 is 16.0. The van der Waals surface area contributed by atoms with Crippen LogP contribution in [0.1, 0.15) is 18.1 Å². The monoisotopic (exact) mass is 352 g/mol. The largest absolute Gasteiger partial charge is 0.462 e. The lowest BCUT2D eigenvalue weighted by molar-refractivity contribution is -0.277. The van der Waals surface area contributed by atoms with Gasteiger partial charge in [0.15, 0.2) is 0 Å². The van der Waals surface area contributed by atoms with Crippen molar-refractivity contribution >= 4 is 5.97 Å². The molecule has 6 atom stereocenters. The molecule has 0 aliphatic carbocycles. The van der Waals surface area contributed by atoms with Gasteiger partial charge in [-0.3, -0.25) is 0 Å². The summed E-state index contributed by atoms with van der Waals surface area (Å²) >= 11 is 0. The Balaban J connectivity index is 1.66. The molecule has 8 nitrogen and oxygen atoms in total. The lowest BCUT2D eigenvalue weighted by atomic mass is 9.99. The number of hydrogen-bond donors (Lipinski definition) is 4. The van der Waals surface area contributed by atoms with Crippen molar-refractivity contribution in [3.63, 3.8) is 0 Å². The normalized spacial score (nSPS) is 35.3. The summed E-state index contributed by atoms with van der Waals surface area (Å²) in [4.78, 5) is 11.3. The summed E-state index contributed by atoms with van der Waals surface area (Å²) in [5, 5.41) is 38.6. The first-order valence-corrected chi connectivity index (χ1v) is 7.94. The molecule has 0 aromatic heterocycles. The van der Waals surface area contributed by atoms with Crippen molar-refractivity contribution in [2.45, 2.75) is 43.2 Å². The van der Waals surface area contributed by atoms with E-state index < -0.39 is 43.3 Å². The number of aliphatic hydroxyl groups excluding tert-OH is 4. The molecule has 136 valence electrons. The van der Waals surface area contributed by atoms with Gasteiger partial charge in [0.05, 0.1) is 6.61 Å². The molecule has 3 rings (SSSR count). The van der Waals surface area contributed by atoms with Gasteiger partial charge in [0.1, 0.15) is 36.3 Å². The van der Waals surface area contributed by atoms with E-state index in [1.54, 1.807) is 30.3 Å². The summed E-state index contributed by atoms with van der Waals surface area (Å²) in [6.45, 7) is -0.524. The van der Waals surface area contributed by atoms with E-state index in [9.17, 15) is 25.2 Å². The maximum absolute atomic E-state index is 11.3. The molecule has 0 unspecified atom stereocenters. The van der Waals surface area contributed by atoms with Gasteiger partial charge in [-0.1, -0.05) is 18.2 Å². The van der Waals surface area contributed by atoms with Gasteiger partial charge in [0.2, 0.25) is 6.29 Å². The molecule has 0 amide bonds. The molecule has 4 N–H and O–H groups in total. The second-order valence-corrected chi connectivity index (χ2v) is 5.95. The fraction of sp³-hybridized carbons (Fsp3) is 0.471. The van der Waals surface area contributed by atoms with E-state index >= 15 is 0 Å². The van der Waals surface area contributed by atoms with Crippen LogP contribution >= 0.6 is 0 Å². The number of carbonyl (C=O) groups is 1. The Morgan fingerprint density at radius 3 is 2.44 bits per heavy atom. The smallest absolute Gasteiger partial charge is 0.331 e. The lowest BCUT2D eigenvalue weighted by Gasteiger charge is -2.39. The molecule has 0 spiro atoms. The van der Waals surface area contributed by atoms with Crippen molar-refractivity contribution in [3.05, 3.63) is 42.0 Å².